The van der Waals surface area contributed by atoms with Crippen LogP contribution in [0.3, 0.4) is 0 Å². The van der Waals surface area contributed by atoms with Crippen molar-refractivity contribution in [2.75, 3.05) is 6.16 Å². The van der Waals surface area contributed by atoms with Crippen molar-refractivity contribution in [2.24, 2.45) is 0 Å². The quantitative estimate of drug-likeness (QED) is 0.749. The Morgan fingerprint density at radius 2 is 1.57 bits per heavy atom. The first kappa shape index (κ1) is 14.4. The van der Waals surface area contributed by atoms with E-state index in [1.165, 1.54) is 5.56 Å². The SMILES string of the molecule is O[PH]1(CCc2ccncc2)Oc2ccccc2-c2ccccc21. The fraction of sp³-hybridized carbons (Fsp3) is 0.105. The topological polar surface area (TPSA) is 42.4 Å². The van der Waals surface area contributed by atoms with Crippen LogP contribution in [0.4, 0.5) is 0 Å². The number of aromatic nitrogens is 1. The van der Waals surface area contributed by atoms with Gasteiger partial charge in [0.2, 0.25) is 0 Å². The number of benzene rings is 2. The number of rotatable bonds is 3. The number of hydrogen-bond acceptors (Lipinski definition) is 3. The molecule has 1 aromatic heterocycles. The van der Waals surface area contributed by atoms with Crippen molar-refractivity contribution in [1.29, 1.82) is 0 Å². The summed E-state index contributed by atoms with van der Waals surface area (Å²) in [6, 6.07) is 20.0. The van der Waals surface area contributed by atoms with Crippen LogP contribution in [0.5, 0.6) is 5.75 Å². The van der Waals surface area contributed by atoms with E-state index in [4.69, 9.17) is 4.52 Å². The molecule has 4 rings (SSSR count). The van der Waals surface area contributed by atoms with E-state index in [2.05, 4.69) is 11.1 Å². The Bertz CT molecular complexity index is 838. The Morgan fingerprint density at radius 1 is 0.870 bits per heavy atom. The first-order valence-electron chi connectivity index (χ1n) is 7.75. The molecule has 1 aliphatic rings. The molecule has 0 saturated carbocycles. The molecule has 116 valence electrons. The average molecular weight is 323 g/mol. The molecule has 0 unspecified atom stereocenters. The summed E-state index contributed by atoms with van der Waals surface area (Å²) in [5, 5.41) is 0.966. The summed E-state index contributed by atoms with van der Waals surface area (Å²) in [4.78, 5) is 15.4. The van der Waals surface area contributed by atoms with Gasteiger partial charge in [-0.2, -0.15) is 0 Å². The fourth-order valence-corrected chi connectivity index (χ4v) is 5.77. The Labute approximate surface area is 136 Å². The molecule has 2 aromatic carbocycles. The van der Waals surface area contributed by atoms with E-state index in [1.807, 2.05) is 54.6 Å². The van der Waals surface area contributed by atoms with Crippen LogP contribution in [0.15, 0.2) is 73.1 Å². The van der Waals surface area contributed by atoms with Gasteiger partial charge in [-0.1, -0.05) is 0 Å². The van der Waals surface area contributed by atoms with Crippen molar-refractivity contribution >= 4 is 13.0 Å². The van der Waals surface area contributed by atoms with Crippen molar-refractivity contribution in [3.63, 3.8) is 0 Å². The molecule has 0 aliphatic carbocycles. The van der Waals surface area contributed by atoms with Crippen LogP contribution in [-0.2, 0) is 6.42 Å². The molecule has 1 aliphatic heterocycles. The first-order valence-corrected chi connectivity index (χ1v) is 9.82. The van der Waals surface area contributed by atoms with Gasteiger partial charge in [0.15, 0.2) is 0 Å². The van der Waals surface area contributed by atoms with Gasteiger partial charge in [0.05, 0.1) is 0 Å². The third kappa shape index (κ3) is 2.63. The Morgan fingerprint density at radius 3 is 2.39 bits per heavy atom. The van der Waals surface area contributed by atoms with Crippen molar-refractivity contribution < 1.29 is 9.42 Å². The fourth-order valence-electron chi connectivity index (χ4n) is 3.12. The normalized spacial score (nSPS) is 15.9. The Kier molecular flexibility index (Phi) is 3.60. The molecule has 23 heavy (non-hydrogen) atoms. The Hall–Kier alpha value is -2.22. The number of pyridine rings is 1. The number of para-hydroxylation sites is 1. The molecule has 0 amide bonds. The van der Waals surface area contributed by atoms with Gasteiger partial charge in [0.25, 0.3) is 0 Å². The van der Waals surface area contributed by atoms with Gasteiger partial charge in [-0.25, -0.2) is 0 Å². The predicted octanol–water partition coefficient (Wildman–Crippen LogP) is 3.58. The van der Waals surface area contributed by atoms with Crippen LogP contribution >= 0.6 is 7.72 Å². The zero-order chi connectivity index (χ0) is 15.7. The minimum absolute atomic E-state index is 0.627. The standard InChI is InChI=1S/C19H18NO2P/c21-23(14-11-15-9-12-20-13-10-15)19-8-4-2-6-17(19)16-5-1-3-7-18(16)22-23/h1-10,12-13,21,23H,11,14H2. The first-order chi connectivity index (χ1) is 11.3. The minimum atomic E-state index is -3.01. The molecule has 4 heteroatoms. The van der Waals surface area contributed by atoms with Crippen molar-refractivity contribution in [3.8, 4) is 16.9 Å². The number of aryl methyl sites for hydroxylation is 1. The van der Waals surface area contributed by atoms with Crippen LogP contribution in [0.1, 0.15) is 5.56 Å². The van der Waals surface area contributed by atoms with Gasteiger partial charge in [-0.05, 0) is 0 Å². The molecule has 2 heterocycles. The third-order valence-electron chi connectivity index (χ3n) is 4.31. The van der Waals surface area contributed by atoms with Crippen LogP contribution < -0.4 is 9.83 Å². The molecule has 0 bridgehead atoms. The van der Waals surface area contributed by atoms with Gasteiger partial charge >= 0.3 is 136 Å². The van der Waals surface area contributed by atoms with Gasteiger partial charge in [-0.3, -0.25) is 0 Å². The number of nitrogens with zero attached hydrogens (tertiary/aromatic N) is 1. The van der Waals surface area contributed by atoms with E-state index in [9.17, 15) is 4.89 Å². The molecule has 0 fully saturated rings. The molecule has 0 saturated heterocycles. The van der Waals surface area contributed by atoms with E-state index in [0.29, 0.717) is 6.16 Å². The van der Waals surface area contributed by atoms with E-state index in [0.717, 1.165) is 28.6 Å². The predicted molar refractivity (Wildman–Crippen MR) is 95.5 cm³/mol. The van der Waals surface area contributed by atoms with Crippen LogP contribution in [0.2, 0.25) is 0 Å². The van der Waals surface area contributed by atoms with E-state index >= 15 is 0 Å². The summed E-state index contributed by atoms with van der Waals surface area (Å²) in [5.41, 5.74) is 3.32. The average Bonchev–Trinajstić information content (AvgIpc) is 2.61. The van der Waals surface area contributed by atoms with E-state index < -0.39 is 7.72 Å². The summed E-state index contributed by atoms with van der Waals surface area (Å²) < 4.78 is 6.15. The number of hydrogen-bond donors (Lipinski definition) is 1. The molecule has 1 N–H and O–H groups in total. The van der Waals surface area contributed by atoms with Gasteiger partial charge in [0, 0.05) is 0 Å². The second-order valence-corrected chi connectivity index (χ2v) is 8.60. The molecular weight excluding hydrogens is 305 g/mol. The zero-order valence-corrected chi connectivity index (χ0v) is 13.6. The van der Waals surface area contributed by atoms with E-state index in [-0.39, 0.29) is 0 Å². The molecule has 3 aromatic rings. The number of fused-ring (bicyclic) bond motifs is 3. The second-order valence-electron chi connectivity index (χ2n) is 5.78. The molecule has 0 spiro atoms. The molecular formula is C19H18NO2P. The Balaban J connectivity index is 1.72. The van der Waals surface area contributed by atoms with Gasteiger partial charge in [0.1, 0.15) is 0 Å². The van der Waals surface area contributed by atoms with Crippen LogP contribution in [0.25, 0.3) is 11.1 Å². The van der Waals surface area contributed by atoms with Gasteiger partial charge < -0.3 is 0 Å². The van der Waals surface area contributed by atoms with Crippen LogP contribution in [-0.4, -0.2) is 16.0 Å². The summed E-state index contributed by atoms with van der Waals surface area (Å²) in [6.07, 6.45) is 4.97. The van der Waals surface area contributed by atoms with Crippen LogP contribution in [0, 0.1) is 0 Å². The molecule has 0 radical (unpaired) electrons. The summed E-state index contributed by atoms with van der Waals surface area (Å²) in [5.74, 6) is 0.787. The summed E-state index contributed by atoms with van der Waals surface area (Å²) >= 11 is 0. The van der Waals surface area contributed by atoms with Gasteiger partial charge in [-0.15, -0.1) is 0 Å². The van der Waals surface area contributed by atoms with Crippen molar-refractivity contribution in [1.82, 2.24) is 4.98 Å². The second kappa shape index (κ2) is 5.77. The van der Waals surface area contributed by atoms with E-state index in [1.54, 1.807) is 12.4 Å². The van der Waals surface area contributed by atoms with Crippen molar-refractivity contribution in [2.45, 2.75) is 6.42 Å². The summed E-state index contributed by atoms with van der Waals surface area (Å²) in [7, 11) is -3.01. The van der Waals surface area contributed by atoms with Crippen molar-refractivity contribution in [3.05, 3.63) is 78.6 Å². The third-order valence-corrected chi connectivity index (χ3v) is 7.07. The monoisotopic (exact) mass is 323 g/mol. The zero-order valence-electron chi connectivity index (χ0n) is 12.6. The maximum atomic E-state index is 11.3. The molecule has 3 nitrogen and oxygen atoms in total. The summed E-state index contributed by atoms with van der Waals surface area (Å²) in [6.45, 7) is 0. The molecule has 0 atom stereocenters. The maximum absolute atomic E-state index is 11.3.